The highest BCUT2D eigenvalue weighted by atomic mass is 19.5. The summed E-state index contributed by atoms with van der Waals surface area (Å²) in [6.45, 7) is 9.91. The summed E-state index contributed by atoms with van der Waals surface area (Å²) in [5, 5.41) is 0. The summed E-state index contributed by atoms with van der Waals surface area (Å²) in [4.78, 5) is 5.69. The molecule has 0 spiro atoms. The maximum absolute atomic E-state index is 9.75. The van der Waals surface area contributed by atoms with Crippen molar-refractivity contribution in [1.29, 1.82) is 0 Å². The van der Waals surface area contributed by atoms with Crippen molar-refractivity contribution in [2.45, 2.75) is 33.4 Å². The van der Waals surface area contributed by atoms with Crippen LogP contribution in [0.4, 0.5) is 34.5 Å². The van der Waals surface area contributed by atoms with Gasteiger partial charge in [-0.1, -0.05) is 0 Å². The lowest BCUT2D eigenvalue weighted by molar-refractivity contribution is -0.743. The zero-order chi connectivity index (χ0) is 24.6. The minimum absolute atomic E-state index is 0.642. The highest BCUT2D eigenvalue weighted by Crippen LogP contribution is 2.07. The standard InChI is InChI=1S/C16H27N4O2.2BF4/c1-3-18-8-9-19(15-18)10-12-22-14-13-21-11-5-16-17-6-7-20(16)4-2;2*2-1(3,4)5/h6-9,15H,3-5,10-14H2,1-2H3;;/q+1;2*-1/p+1. The van der Waals surface area contributed by atoms with Crippen molar-refractivity contribution in [2.24, 2.45) is 4.99 Å². The van der Waals surface area contributed by atoms with Gasteiger partial charge in [-0.2, -0.15) is 0 Å². The molecule has 0 amide bonds. The maximum atomic E-state index is 9.75. The second-order valence-corrected chi connectivity index (χ2v) is 6.22. The molecule has 0 aromatic carbocycles. The Balaban J connectivity index is 0.000000805. The summed E-state index contributed by atoms with van der Waals surface area (Å²) < 4.78 is 93.5. The lowest BCUT2D eigenvalue weighted by atomic mass is 10.3. The van der Waals surface area contributed by atoms with Gasteiger partial charge >= 0.3 is 14.5 Å². The monoisotopic (exact) mass is 482 g/mol. The molecule has 1 atom stereocenters. The first-order valence-electron chi connectivity index (χ1n) is 9.87. The van der Waals surface area contributed by atoms with Crippen molar-refractivity contribution >= 4 is 20.3 Å². The van der Waals surface area contributed by atoms with E-state index in [4.69, 9.17) is 9.47 Å². The molecule has 0 bridgehead atoms. The number of aryl methyl sites for hydroxylation is 1. The molecule has 2 heterocycles. The molecule has 32 heavy (non-hydrogen) atoms. The van der Waals surface area contributed by atoms with Crippen LogP contribution in [0.2, 0.25) is 0 Å². The molecule has 1 aliphatic heterocycles. The minimum Gasteiger partial charge on any atom is -0.418 e. The van der Waals surface area contributed by atoms with Crippen molar-refractivity contribution in [3.05, 3.63) is 31.1 Å². The average Bonchev–Trinajstić information content (AvgIpc) is 3.30. The Kier molecular flexibility index (Phi) is 14.9. The molecule has 1 aliphatic rings. The molecular weight excluding hydrogens is 454 g/mol. The predicted octanol–water partition coefficient (Wildman–Crippen LogP) is 2.61. The van der Waals surface area contributed by atoms with Gasteiger partial charge in [-0.15, -0.1) is 0 Å². The van der Waals surface area contributed by atoms with Gasteiger partial charge in [0.1, 0.15) is 25.1 Å². The van der Waals surface area contributed by atoms with Crippen LogP contribution < -0.4 is 9.47 Å². The van der Waals surface area contributed by atoms with Crippen LogP contribution in [0, 0.1) is 0 Å². The number of amidine groups is 1. The van der Waals surface area contributed by atoms with Crippen LogP contribution in [0.15, 0.2) is 36.1 Å². The van der Waals surface area contributed by atoms with E-state index in [9.17, 15) is 34.5 Å². The molecule has 1 aromatic heterocycles. The lowest BCUT2D eigenvalue weighted by Gasteiger charge is -2.10. The SMILES string of the molecule is CC[n+]1ccn(CCOCCOCCC2=NC=C[NH+]2CC)c1.F[B-](F)(F)F.F[B-](F)(F)F. The van der Waals surface area contributed by atoms with Crippen molar-refractivity contribution in [2.75, 3.05) is 33.0 Å². The molecule has 1 aromatic rings. The molecular formula is C16H28B2F8N4O2. The fraction of sp³-hybridized carbons (Fsp3) is 0.625. The van der Waals surface area contributed by atoms with Gasteiger partial charge in [-0.25, -0.2) is 14.1 Å². The molecule has 0 saturated heterocycles. The number of aromatic nitrogens is 2. The van der Waals surface area contributed by atoms with E-state index in [1.54, 1.807) is 0 Å². The Morgan fingerprint density at radius 1 is 0.938 bits per heavy atom. The van der Waals surface area contributed by atoms with Gasteiger partial charge in [0.15, 0.2) is 0 Å². The molecule has 186 valence electrons. The highest BCUT2D eigenvalue weighted by molar-refractivity contribution is 6.50. The van der Waals surface area contributed by atoms with Gasteiger partial charge in [0, 0.05) is 0 Å². The zero-order valence-corrected chi connectivity index (χ0v) is 17.9. The summed E-state index contributed by atoms with van der Waals surface area (Å²) in [7, 11) is -12.0. The number of halogens is 8. The molecule has 16 heteroatoms. The van der Waals surface area contributed by atoms with Gasteiger partial charge in [-0.05, 0) is 13.8 Å². The quantitative estimate of drug-likeness (QED) is 0.228. The molecule has 1 N–H and O–H groups in total. The third kappa shape index (κ3) is 20.0. The number of quaternary nitrogens is 1. The summed E-state index contributed by atoms with van der Waals surface area (Å²) in [6, 6.07) is 0. The van der Waals surface area contributed by atoms with Crippen LogP contribution in [0.5, 0.6) is 0 Å². The average molecular weight is 482 g/mol. The Labute approximate surface area is 181 Å². The van der Waals surface area contributed by atoms with E-state index in [0.717, 1.165) is 26.1 Å². The van der Waals surface area contributed by atoms with Crippen LogP contribution in [-0.2, 0) is 22.6 Å². The molecule has 0 fully saturated rings. The predicted molar refractivity (Wildman–Crippen MR) is 105 cm³/mol. The Hall–Kier alpha value is -1.93. The largest absolute Gasteiger partial charge is 0.673 e. The topological polar surface area (TPSA) is 44.1 Å². The normalized spacial score (nSPS) is 15.6. The van der Waals surface area contributed by atoms with E-state index in [2.05, 4.69) is 52.9 Å². The van der Waals surface area contributed by atoms with Crippen LogP contribution in [0.3, 0.4) is 0 Å². The van der Waals surface area contributed by atoms with E-state index < -0.39 is 14.5 Å². The Bertz CT molecular complexity index is 660. The first-order chi connectivity index (χ1) is 14.8. The number of ether oxygens (including phenoxy) is 2. The van der Waals surface area contributed by atoms with E-state index in [1.807, 2.05) is 6.20 Å². The first kappa shape index (κ1) is 30.1. The summed E-state index contributed by atoms with van der Waals surface area (Å²) in [6.07, 6.45) is 11.1. The number of rotatable bonds is 11. The van der Waals surface area contributed by atoms with Crippen LogP contribution >= 0.6 is 0 Å². The first-order valence-corrected chi connectivity index (χ1v) is 9.87. The number of imidazole rings is 1. The van der Waals surface area contributed by atoms with Crippen LogP contribution in [-0.4, -0.2) is 57.9 Å². The van der Waals surface area contributed by atoms with E-state index in [0.29, 0.717) is 26.4 Å². The summed E-state index contributed by atoms with van der Waals surface area (Å²) in [5.41, 5.74) is 0. The molecule has 6 nitrogen and oxygen atoms in total. The maximum Gasteiger partial charge on any atom is 0.673 e. The fourth-order valence-electron chi connectivity index (χ4n) is 2.36. The number of nitrogens with zero attached hydrogens (tertiary/aromatic N) is 3. The van der Waals surface area contributed by atoms with E-state index in [1.165, 1.54) is 10.7 Å². The van der Waals surface area contributed by atoms with Gasteiger partial charge in [-0.3, -0.25) is 4.90 Å². The second kappa shape index (κ2) is 15.8. The molecule has 1 unspecified atom stereocenters. The number of aliphatic imine (C=N–C) groups is 1. The number of nitrogens with one attached hydrogen (secondary N) is 1. The number of hydrogen-bond donors (Lipinski definition) is 1. The van der Waals surface area contributed by atoms with Crippen molar-refractivity contribution in [1.82, 2.24) is 4.57 Å². The third-order valence-corrected chi connectivity index (χ3v) is 3.72. The smallest absolute Gasteiger partial charge is 0.418 e. The van der Waals surface area contributed by atoms with Crippen LogP contribution in [0.1, 0.15) is 20.3 Å². The van der Waals surface area contributed by atoms with Gasteiger partial charge in [0.05, 0.1) is 52.1 Å². The minimum atomic E-state index is -6.00. The van der Waals surface area contributed by atoms with Crippen LogP contribution in [0.25, 0.3) is 0 Å². The molecule has 2 rings (SSSR count). The lowest BCUT2D eigenvalue weighted by Crippen LogP contribution is -3.09. The Morgan fingerprint density at radius 2 is 1.50 bits per heavy atom. The molecule has 0 aliphatic carbocycles. The fourth-order valence-corrected chi connectivity index (χ4v) is 2.36. The van der Waals surface area contributed by atoms with E-state index in [-0.39, 0.29) is 0 Å². The summed E-state index contributed by atoms with van der Waals surface area (Å²) >= 11 is 0. The molecule has 0 saturated carbocycles. The van der Waals surface area contributed by atoms with Crippen molar-refractivity contribution in [3.63, 3.8) is 0 Å². The van der Waals surface area contributed by atoms with Gasteiger partial charge < -0.3 is 44.0 Å². The van der Waals surface area contributed by atoms with Crippen molar-refractivity contribution < 1.29 is 53.5 Å². The van der Waals surface area contributed by atoms with Gasteiger partial charge in [0.25, 0.3) is 0 Å². The van der Waals surface area contributed by atoms with Crippen molar-refractivity contribution in [3.8, 4) is 0 Å². The zero-order valence-electron chi connectivity index (χ0n) is 17.9. The number of hydrogen-bond acceptors (Lipinski definition) is 3. The highest BCUT2D eigenvalue weighted by Gasteiger charge is 2.21. The second-order valence-electron chi connectivity index (χ2n) is 6.22. The Morgan fingerprint density at radius 3 is 2.00 bits per heavy atom. The molecule has 0 radical (unpaired) electrons. The van der Waals surface area contributed by atoms with Gasteiger partial charge in [0.2, 0.25) is 12.2 Å². The summed E-state index contributed by atoms with van der Waals surface area (Å²) in [5.74, 6) is 1.17. The van der Waals surface area contributed by atoms with E-state index >= 15 is 0 Å². The third-order valence-electron chi connectivity index (χ3n) is 3.72.